The number of nitrogens with zero attached hydrogens (tertiary/aromatic N) is 1. The fourth-order valence-corrected chi connectivity index (χ4v) is 3.61. The van der Waals surface area contributed by atoms with E-state index in [1.165, 1.54) is 18.3 Å². The predicted molar refractivity (Wildman–Crippen MR) is 85.2 cm³/mol. The number of benzene rings is 1. The smallest absolute Gasteiger partial charge is 0.360 e. The fourth-order valence-electron chi connectivity index (χ4n) is 2.21. The number of hydrogen-bond acceptors (Lipinski definition) is 4. The van der Waals surface area contributed by atoms with Crippen LogP contribution >= 0.6 is 35.0 Å². The molecule has 1 fully saturated rings. The van der Waals surface area contributed by atoms with Crippen molar-refractivity contribution in [3.63, 3.8) is 0 Å². The number of thioether (sulfide) groups is 1. The molecule has 2 aromatic rings. The van der Waals surface area contributed by atoms with E-state index >= 15 is 0 Å². The first kappa shape index (κ1) is 17.6. The SMILES string of the molecule is O=C(c1cnoc1C1CC1)c1ccc(Cl)c(Cl)c1SCC(F)(F)F. The van der Waals surface area contributed by atoms with Crippen LogP contribution in [0.1, 0.15) is 40.4 Å². The standard InChI is InChI=1S/C15H10Cl2F3NO2S/c16-10-4-3-8(14(11(10)17)24-6-15(18,19)20)12(22)9-5-21-23-13(9)7-1-2-7/h3-5,7H,1-2,6H2. The molecule has 128 valence electrons. The molecular weight excluding hydrogens is 386 g/mol. The van der Waals surface area contributed by atoms with Crippen LogP contribution in [0.15, 0.2) is 27.7 Å². The lowest BCUT2D eigenvalue weighted by Gasteiger charge is -2.12. The molecule has 1 aromatic carbocycles. The summed E-state index contributed by atoms with van der Waals surface area (Å²) in [7, 11) is 0. The minimum atomic E-state index is -4.40. The van der Waals surface area contributed by atoms with Gasteiger partial charge in [0.25, 0.3) is 0 Å². The van der Waals surface area contributed by atoms with Gasteiger partial charge in [0.05, 0.1) is 27.6 Å². The molecule has 0 spiro atoms. The van der Waals surface area contributed by atoms with Crippen LogP contribution in [0.25, 0.3) is 0 Å². The highest BCUT2D eigenvalue weighted by atomic mass is 35.5. The molecule has 0 saturated heterocycles. The maximum atomic E-state index is 12.8. The van der Waals surface area contributed by atoms with Gasteiger partial charge in [-0.25, -0.2) is 0 Å². The maximum Gasteiger partial charge on any atom is 0.398 e. The van der Waals surface area contributed by atoms with Crippen LogP contribution in [0, 0.1) is 0 Å². The summed E-state index contributed by atoms with van der Waals surface area (Å²) in [6.45, 7) is 0. The molecule has 0 bridgehead atoms. The highest BCUT2D eigenvalue weighted by Gasteiger charge is 2.34. The summed E-state index contributed by atoms with van der Waals surface area (Å²) < 4.78 is 42.8. The van der Waals surface area contributed by atoms with Gasteiger partial charge in [0, 0.05) is 16.4 Å². The van der Waals surface area contributed by atoms with Gasteiger partial charge in [-0.1, -0.05) is 28.4 Å². The third kappa shape index (κ3) is 3.73. The monoisotopic (exact) mass is 395 g/mol. The molecule has 0 atom stereocenters. The van der Waals surface area contributed by atoms with E-state index in [0.717, 1.165) is 12.8 Å². The largest absolute Gasteiger partial charge is 0.398 e. The van der Waals surface area contributed by atoms with Crippen molar-refractivity contribution >= 4 is 40.7 Å². The lowest BCUT2D eigenvalue weighted by molar-refractivity contribution is -0.105. The Bertz CT molecular complexity index is 788. The van der Waals surface area contributed by atoms with Crippen LogP contribution in [0.3, 0.4) is 0 Å². The van der Waals surface area contributed by atoms with Crippen LogP contribution < -0.4 is 0 Å². The van der Waals surface area contributed by atoms with Crippen molar-refractivity contribution in [1.82, 2.24) is 5.16 Å². The summed E-state index contributed by atoms with van der Waals surface area (Å²) in [6.07, 6.45) is -1.32. The molecule has 1 aliphatic rings. The summed E-state index contributed by atoms with van der Waals surface area (Å²) in [5.41, 5.74) is 0.313. The number of alkyl halides is 3. The second kappa shape index (κ2) is 6.61. The highest BCUT2D eigenvalue weighted by Crippen LogP contribution is 2.43. The van der Waals surface area contributed by atoms with Gasteiger partial charge in [-0.05, 0) is 25.0 Å². The van der Waals surface area contributed by atoms with Crippen LogP contribution in [0.4, 0.5) is 13.2 Å². The zero-order chi connectivity index (χ0) is 17.5. The second-order valence-electron chi connectivity index (χ2n) is 5.35. The van der Waals surface area contributed by atoms with Crippen molar-refractivity contribution in [2.75, 3.05) is 5.75 Å². The van der Waals surface area contributed by atoms with E-state index < -0.39 is 17.7 Å². The van der Waals surface area contributed by atoms with E-state index in [1.807, 2.05) is 0 Å². The highest BCUT2D eigenvalue weighted by molar-refractivity contribution is 7.99. The van der Waals surface area contributed by atoms with Gasteiger partial charge in [0.2, 0.25) is 0 Å². The van der Waals surface area contributed by atoms with Gasteiger partial charge >= 0.3 is 6.18 Å². The Labute approximate surface area is 149 Å². The van der Waals surface area contributed by atoms with Gasteiger partial charge in [-0.15, -0.1) is 11.8 Å². The van der Waals surface area contributed by atoms with Gasteiger partial charge in [-0.3, -0.25) is 4.79 Å². The summed E-state index contributed by atoms with van der Waals surface area (Å²) in [4.78, 5) is 12.8. The third-order valence-electron chi connectivity index (χ3n) is 3.47. The van der Waals surface area contributed by atoms with Crippen LogP contribution in [0.5, 0.6) is 0 Å². The van der Waals surface area contributed by atoms with E-state index in [0.29, 0.717) is 17.5 Å². The molecule has 3 nitrogen and oxygen atoms in total. The maximum absolute atomic E-state index is 12.8. The third-order valence-corrected chi connectivity index (χ3v) is 5.57. The molecular formula is C15H10Cl2F3NO2S. The Kier molecular flexibility index (Phi) is 4.86. The average molecular weight is 396 g/mol. The number of halogens is 5. The van der Waals surface area contributed by atoms with Crippen molar-refractivity contribution in [3.8, 4) is 0 Å². The first-order chi connectivity index (χ1) is 11.3. The number of hydrogen-bond donors (Lipinski definition) is 0. The van der Waals surface area contributed by atoms with Crippen molar-refractivity contribution in [2.24, 2.45) is 0 Å². The molecule has 9 heteroatoms. The Morgan fingerprint density at radius 3 is 2.62 bits per heavy atom. The lowest BCUT2D eigenvalue weighted by atomic mass is 10.0. The summed E-state index contributed by atoms with van der Waals surface area (Å²) in [5.74, 6) is -1.04. The molecule has 1 saturated carbocycles. The molecule has 1 aliphatic carbocycles. The molecule has 0 aliphatic heterocycles. The van der Waals surface area contributed by atoms with E-state index in [9.17, 15) is 18.0 Å². The minimum absolute atomic E-state index is 0.00874. The molecule has 0 amide bonds. The molecule has 3 rings (SSSR count). The average Bonchev–Trinajstić information content (AvgIpc) is 3.24. The van der Waals surface area contributed by atoms with Gasteiger partial charge < -0.3 is 4.52 Å². The molecule has 0 N–H and O–H groups in total. The zero-order valence-electron chi connectivity index (χ0n) is 12.0. The minimum Gasteiger partial charge on any atom is -0.360 e. The van der Waals surface area contributed by atoms with Crippen molar-refractivity contribution in [2.45, 2.75) is 29.8 Å². The van der Waals surface area contributed by atoms with E-state index in [1.54, 1.807) is 0 Å². The quantitative estimate of drug-likeness (QED) is 0.477. The molecule has 1 aromatic heterocycles. The van der Waals surface area contributed by atoms with Crippen LogP contribution in [-0.4, -0.2) is 22.9 Å². The van der Waals surface area contributed by atoms with Crippen molar-refractivity contribution in [3.05, 3.63) is 45.3 Å². The summed E-state index contributed by atoms with van der Waals surface area (Å²) in [5, 5.41) is 3.66. The second-order valence-corrected chi connectivity index (χ2v) is 7.12. The Morgan fingerprint density at radius 2 is 2.00 bits per heavy atom. The van der Waals surface area contributed by atoms with E-state index in [4.69, 9.17) is 27.7 Å². The normalized spacial score (nSPS) is 14.9. The van der Waals surface area contributed by atoms with Crippen LogP contribution in [0.2, 0.25) is 10.0 Å². The van der Waals surface area contributed by atoms with Gasteiger partial charge in [-0.2, -0.15) is 13.2 Å². The lowest BCUT2D eigenvalue weighted by Crippen LogP contribution is -2.12. The molecule has 24 heavy (non-hydrogen) atoms. The fraction of sp³-hybridized carbons (Fsp3) is 0.333. The topological polar surface area (TPSA) is 43.1 Å². The predicted octanol–water partition coefficient (Wildman–Crippen LogP) is 5.74. The van der Waals surface area contributed by atoms with Crippen molar-refractivity contribution in [1.29, 1.82) is 0 Å². The number of rotatable bonds is 5. The summed E-state index contributed by atoms with van der Waals surface area (Å²) >= 11 is 12.4. The Balaban J connectivity index is 1.98. The summed E-state index contributed by atoms with van der Waals surface area (Å²) in [6, 6.07) is 2.76. The van der Waals surface area contributed by atoms with Crippen LogP contribution in [-0.2, 0) is 0 Å². The molecule has 0 radical (unpaired) electrons. The number of ketones is 1. The van der Waals surface area contributed by atoms with E-state index in [-0.39, 0.29) is 32.0 Å². The van der Waals surface area contributed by atoms with E-state index in [2.05, 4.69) is 5.16 Å². The first-order valence-corrected chi connectivity index (χ1v) is 8.69. The van der Waals surface area contributed by atoms with Gasteiger partial charge in [0.1, 0.15) is 0 Å². The number of aromatic nitrogens is 1. The number of carbonyl (C=O) groups is 1. The van der Waals surface area contributed by atoms with Crippen molar-refractivity contribution < 1.29 is 22.5 Å². The molecule has 1 heterocycles. The Hall–Kier alpha value is -1.18. The zero-order valence-corrected chi connectivity index (χ0v) is 14.3. The number of carbonyl (C=O) groups excluding carboxylic acids is 1. The molecule has 0 unspecified atom stereocenters. The van der Waals surface area contributed by atoms with Gasteiger partial charge in [0.15, 0.2) is 11.5 Å². The Morgan fingerprint density at radius 1 is 1.29 bits per heavy atom. The first-order valence-electron chi connectivity index (χ1n) is 6.94.